The largest absolute Gasteiger partial charge is 0.325 e. The van der Waals surface area contributed by atoms with Crippen LogP contribution in [0, 0.1) is 0 Å². The maximum atomic E-state index is 12.0. The summed E-state index contributed by atoms with van der Waals surface area (Å²) < 4.78 is 1.07. The second-order valence-corrected chi connectivity index (χ2v) is 6.47. The molecule has 0 aromatic heterocycles. The molecule has 0 spiro atoms. The molecule has 22 heavy (non-hydrogen) atoms. The molecule has 2 rings (SSSR count). The summed E-state index contributed by atoms with van der Waals surface area (Å²) in [7, 11) is 2.00. The zero-order valence-corrected chi connectivity index (χ0v) is 14.7. The number of hydrogen-bond donors (Lipinski definition) is 1. The van der Waals surface area contributed by atoms with Gasteiger partial charge in [0.25, 0.3) is 0 Å². The second-order valence-electron chi connectivity index (χ2n) is 5.14. The molecule has 0 aliphatic carbocycles. The Labute approximate surface area is 144 Å². The van der Waals surface area contributed by atoms with Crippen molar-refractivity contribution in [2.45, 2.75) is 13.0 Å². The average Bonchev–Trinajstić information content (AvgIpc) is 2.50. The van der Waals surface area contributed by atoms with Crippen LogP contribution < -0.4 is 5.32 Å². The SMILES string of the molecule is CN(CCC(=O)Nc1ccccc1Cl)Cc1ccc(Br)cc1. The van der Waals surface area contributed by atoms with Crippen molar-refractivity contribution in [3.8, 4) is 0 Å². The van der Waals surface area contributed by atoms with Crippen LogP contribution in [0.4, 0.5) is 5.69 Å². The highest BCUT2D eigenvalue weighted by Gasteiger charge is 2.07. The number of nitrogens with one attached hydrogen (secondary N) is 1. The van der Waals surface area contributed by atoms with Crippen molar-refractivity contribution >= 4 is 39.1 Å². The van der Waals surface area contributed by atoms with E-state index in [1.807, 2.05) is 31.3 Å². The third-order valence-electron chi connectivity index (χ3n) is 3.23. The van der Waals surface area contributed by atoms with Gasteiger partial charge in [0.2, 0.25) is 5.91 Å². The first-order valence-electron chi connectivity index (χ1n) is 7.02. The van der Waals surface area contributed by atoms with Crippen molar-refractivity contribution in [3.05, 3.63) is 63.6 Å². The van der Waals surface area contributed by atoms with Crippen LogP contribution >= 0.6 is 27.5 Å². The quantitative estimate of drug-likeness (QED) is 0.795. The van der Waals surface area contributed by atoms with E-state index in [-0.39, 0.29) is 5.91 Å². The maximum Gasteiger partial charge on any atom is 0.225 e. The van der Waals surface area contributed by atoms with Crippen LogP contribution in [0.2, 0.25) is 5.02 Å². The Hall–Kier alpha value is -1.36. The number of benzene rings is 2. The van der Waals surface area contributed by atoms with E-state index in [9.17, 15) is 4.79 Å². The predicted molar refractivity (Wildman–Crippen MR) is 95.2 cm³/mol. The third kappa shape index (κ3) is 5.44. The van der Waals surface area contributed by atoms with Gasteiger partial charge < -0.3 is 10.2 Å². The summed E-state index contributed by atoms with van der Waals surface area (Å²) in [6.45, 7) is 1.50. The van der Waals surface area contributed by atoms with Crippen LogP contribution in [-0.4, -0.2) is 24.4 Å². The number of rotatable bonds is 6. The van der Waals surface area contributed by atoms with Crippen molar-refractivity contribution in [3.63, 3.8) is 0 Å². The lowest BCUT2D eigenvalue weighted by Gasteiger charge is -2.16. The molecule has 0 radical (unpaired) electrons. The van der Waals surface area contributed by atoms with Gasteiger partial charge in [-0.25, -0.2) is 0 Å². The Morgan fingerprint density at radius 3 is 2.55 bits per heavy atom. The monoisotopic (exact) mass is 380 g/mol. The molecule has 0 unspecified atom stereocenters. The molecule has 0 heterocycles. The number of halogens is 2. The van der Waals surface area contributed by atoms with Gasteiger partial charge in [0.15, 0.2) is 0 Å². The number of hydrogen-bond acceptors (Lipinski definition) is 2. The zero-order chi connectivity index (χ0) is 15.9. The molecule has 116 valence electrons. The van der Waals surface area contributed by atoms with Crippen molar-refractivity contribution in [2.24, 2.45) is 0 Å². The minimum atomic E-state index is -0.0317. The molecule has 2 aromatic rings. The molecule has 0 aliphatic rings. The molecule has 0 saturated carbocycles. The van der Waals surface area contributed by atoms with E-state index in [1.165, 1.54) is 5.56 Å². The van der Waals surface area contributed by atoms with Crippen LogP contribution in [0.15, 0.2) is 53.0 Å². The van der Waals surface area contributed by atoms with Gasteiger partial charge >= 0.3 is 0 Å². The first-order chi connectivity index (χ1) is 10.5. The molecule has 0 fully saturated rings. The topological polar surface area (TPSA) is 32.3 Å². The number of nitrogens with zero attached hydrogens (tertiary/aromatic N) is 1. The summed E-state index contributed by atoms with van der Waals surface area (Å²) in [6.07, 6.45) is 0.429. The second kappa shape index (κ2) is 8.32. The van der Waals surface area contributed by atoms with Gasteiger partial charge in [-0.05, 0) is 36.9 Å². The molecular formula is C17H18BrClN2O. The molecular weight excluding hydrogens is 364 g/mol. The standard InChI is InChI=1S/C17H18BrClN2O/c1-21(12-13-6-8-14(18)9-7-13)11-10-17(22)20-16-5-3-2-4-15(16)19/h2-9H,10-12H2,1H3,(H,20,22). The molecule has 0 aliphatic heterocycles. The van der Waals surface area contributed by atoms with E-state index in [2.05, 4.69) is 38.3 Å². The lowest BCUT2D eigenvalue weighted by molar-refractivity contribution is -0.116. The molecule has 5 heteroatoms. The molecule has 0 saturated heterocycles. The zero-order valence-electron chi connectivity index (χ0n) is 12.4. The van der Waals surface area contributed by atoms with Crippen LogP contribution in [0.25, 0.3) is 0 Å². The van der Waals surface area contributed by atoms with Crippen LogP contribution in [0.3, 0.4) is 0 Å². The molecule has 2 aromatic carbocycles. The number of para-hydroxylation sites is 1. The van der Waals surface area contributed by atoms with E-state index in [4.69, 9.17) is 11.6 Å². The van der Waals surface area contributed by atoms with Gasteiger partial charge in [-0.2, -0.15) is 0 Å². The first kappa shape index (κ1) is 17.0. The minimum absolute atomic E-state index is 0.0317. The highest BCUT2D eigenvalue weighted by atomic mass is 79.9. The van der Waals surface area contributed by atoms with Crippen LogP contribution in [-0.2, 0) is 11.3 Å². The molecule has 0 bridgehead atoms. The summed E-state index contributed by atoms with van der Waals surface area (Å²) in [5, 5.41) is 3.39. The van der Waals surface area contributed by atoms with Gasteiger partial charge in [-0.15, -0.1) is 0 Å². The Morgan fingerprint density at radius 2 is 1.86 bits per heavy atom. The van der Waals surface area contributed by atoms with E-state index < -0.39 is 0 Å². The summed E-state index contributed by atoms with van der Waals surface area (Å²) in [5.41, 5.74) is 1.88. The molecule has 3 nitrogen and oxygen atoms in total. The predicted octanol–water partition coefficient (Wildman–Crippen LogP) is 4.56. The van der Waals surface area contributed by atoms with Crippen molar-refractivity contribution in [1.82, 2.24) is 4.90 Å². The highest BCUT2D eigenvalue weighted by molar-refractivity contribution is 9.10. The van der Waals surface area contributed by atoms with Crippen molar-refractivity contribution < 1.29 is 4.79 Å². The van der Waals surface area contributed by atoms with Gasteiger partial charge in [-0.1, -0.05) is 51.8 Å². The van der Waals surface area contributed by atoms with Gasteiger partial charge in [-0.3, -0.25) is 4.79 Å². The first-order valence-corrected chi connectivity index (χ1v) is 8.19. The Bertz CT molecular complexity index is 631. The Kier molecular flexibility index (Phi) is 6.43. The Morgan fingerprint density at radius 1 is 1.18 bits per heavy atom. The Balaban J connectivity index is 1.78. The molecule has 0 atom stereocenters. The van der Waals surface area contributed by atoms with Crippen LogP contribution in [0.5, 0.6) is 0 Å². The smallest absolute Gasteiger partial charge is 0.225 e. The molecule has 1 N–H and O–H groups in total. The average molecular weight is 382 g/mol. The number of carbonyl (C=O) groups is 1. The fourth-order valence-corrected chi connectivity index (χ4v) is 2.50. The highest BCUT2D eigenvalue weighted by Crippen LogP contribution is 2.20. The normalized spacial score (nSPS) is 10.7. The molecule has 1 amide bonds. The van der Waals surface area contributed by atoms with E-state index in [1.54, 1.807) is 12.1 Å². The summed E-state index contributed by atoms with van der Waals surface area (Å²) in [6, 6.07) is 15.4. The number of anilines is 1. The fourth-order valence-electron chi connectivity index (χ4n) is 2.05. The van der Waals surface area contributed by atoms with E-state index in [0.29, 0.717) is 23.7 Å². The summed E-state index contributed by atoms with van der Waals surface area (Å²) in [5.74, 6) is -0.0317. The lowest BCUT2D eigenvalue weighted by Crippen LogP contribution is -2.24. The summed E-state index contributed by atoms with van der Waals surface area (Å²) >= 11 is 9.44. The fraction of sp³-hybridized carbons (Fsp3) is 0.235. The maximum absolute atomic E-state index is 12.0. The minimum Gasteiger partial charge on any atom is -0.325 e. The third-order valence-corrected chi connectivity index (χ3v) is 4.09. The van der Waals surface area contributed by atoms with Gasteiger partial charge in [0, 0.05) is 24.0 Å². The van der Waals surface area contributed by atoms with Gasteiger partial charge in [0.05, 0.1) is 10.7 Å². The van der Waals surface area contributed by atoms with Gasteiger partial charge in [0.1, 0.15) is 0 Å². The van der Waals surface area contributed by atoms with Crippen molar-refractivity contribution in [2.75, 3.05) is 18.9 Å². The lowest BCUT2D eigenvalue weighted by atomic mass is 10.2. The van der Waals surface area contributed by atoms with E-state index in [0.717, 1.165) is 11.0 Å². The summed E-state index contributed by atoms with van der Waals surface area (Å²) in [4.78, 5) is 14.1. The number of amides is 1. The van der Waals surface area contributed by atoms with E-state index >= 15 is 0 Å². The van der Waals surface area contributed by atoms with Crippen LogP contribution in [0.1, 0.15) is 12.0 Å². The van der Waals surface area contributed by atoms with Crippen molar-refractivity contribution in [1.29, 1.82) is 0 Å². The number of carbonyl (C=O) groups excluding carboxylic acids is 1.